The van der Waals surface area contributed by atoms with E-state index in [1.165, 1.54) is 17.6 Å². The number of esters is 1. The van der Waals surface area contributed by atoms with E-state index in [1.54, 1.807) is 11.3 Å². The van der Waals surface area contributed by atoms with Gasteiger partial charge in [-0.3, -0.25) is 4.79 Å². The van der Waals surface area contributed by atoms with E-state index in [4.69, 9.17) is 4.74 Å². The molecule has 0 saturated heterocycles. The minimum atomic E-state index is -0.241. The van der Waals surface area contributed by atoms with Gasteiger partial charge in [0.25, 0.3) is 0 Å². The van der Waals surface area contributed by atoms with Crippen molar-refractivity contribution in [2.45, 2.75) is 32.7 Å². The molecule has 0 bridgehead atoms. The second-order valence-corrected chi connectivity index (χ2v) is 6.33. The molecule has 0 aromatic carbocycles. The molecule has 100 valence electrons. The zero-order chi connectivity index (χ0) is 13.2. The third-order valence-electron chi connectivity index (χ3n) is 3.88. The van der Waals surface area contributed by atoms with Crippen LogP contribution >= 0.6 is 11.3 Å². The molecule has 0 unspecified atom stereocenters. The maximum absolute atomic E-state index is 11.9. The van der Waals surface area contributed by atoms with Crippen molar-refractivity contribution in [1.82, 2.24) is 4.90 Å². The number of thiophene rings is 1. The smallest absolute Gasteiger partial charge is 0.313 e. The van der Waals surface area contributed by atoms with Crippen LogP contribution in [0.5, 0.6) is 0 Å². The monoisotopic (exact) mass is 267 g/mol. The van der Waals surface area contributed by atoms with Crippen LogP contribution in [0.3, 0.4) is 0 Å². The molecule has 0 spiro atoms. The average Bonchev–Trinajstić information content (AvgIpc) is 2.68. The van der Waals surface area contributed by atoms with Gasteiger partial charge in [-0.05, 0) is 43.8 Å². The summed E-state index contributed by atoms with van der Waals surface area (Å²) >= 11 is 1.79. The fourth-order valence-corrected chi connectivity index (χ4v) is 3.62. The van der Waals surface area contributed by atoms with Crippen LogP contribution in [-0.4, -0.2) is 31.6 Å². The number of hydrogen-bond donors (Lipinski definition) is 0. The number of aryl methyl sites for hydroxylation is 1. The number of carbonyl (C=O) groups is 1. The van der Waals surface area contributed by atoms with Crippen LogP contribution in [0, 0.1) is 12.3 Å². The Kier molecular flexibility index (Phi) is 4.07. The molecule has 1 heterocycles. The van der Waals surface area contributed by atoms with E-state index in [1.807, 2.05) is 0 Å². The minimum absolute atomic E-state index is 0.0384. The molecule has 0 atom stereocenters. The molecule has 1 aromatic heterocycles. The number of carbonyl (C=O) groups excluding carboxylic acids is 1. The topological polar surface area (TPSA) is 29.5 Å². The third-order valence-corrected chi connectivity index (χ3v) is 4.89. The van der Waals surface area contributed by atoms with Gasteiger partial charge in [0, 0.05) is 18.0 Å². The molecule has 3 nitrogen and oxygen atoms in total. The van der Waals surface area contributed by atoms with Crippen molar-refractivity contribution in [3.8, 4) is 0 Å². The lowest BCUT2D eigenvalue weighted by molar-refractivity contribution is -0.160. The van der Waals surface area contributed by atoms with Crippen LogP contribution in [0.2, 0.25) is 0 Å². The quantitative estimate of drug-likeness (QED) is 0.768. The number of methoxy groups -OCH3 is 1. The highest BCUT2D eigenvalue weighted by Gasteiger charge is 2.45. The SMILES string of the molecule is COC(=O)C1(CN(C)Cc2sccc2C)CCC1. The standard InChI is InChI=1S/C14H21NO2S/c1-11-5-8-18-12(11)9-15(2)10-14(6-4-7-14)13(16)17-3/h5,8H,4,6-7,9-10H2,1-3H3. The minimum Gasteiger partial charge on any atom is -0.469 e. The van der Waals surface area contributed by atoms with Gasteiger partial charge in [0.05, 0.1) is 12.5 Å². The summed E-state index contributed by atoms with van der Waals surface area (Å²) < 4.78 is 4.95. The average molecular weight is 267 g/mol. The van der Waals surface area contributed by atoms with Gasteiger partial charge in [0.1, 0.15) is 0 Å². The molecule has 2 rings (SSSR count). The molecule has 1 aliphatic rings. The van der Waals surface area contributed by atoms with E-state index in [0.29, 0.717) is 0 Å². The molecule has 0 aliphatic heterocycles. The molecular weight excluding hydrogens is 246 g/mol. The summed E-state index contributed by atoms with van der Waals surface area (Å²) in [5.74, 6) is -0.0384. The van der Waals surface area contributed by atoms with E-state index in [2.05, 4.69) is 30.3 Å². The molecule has 1 fully saturated rings. The predicted molar refractivity (Wildman–Crippen MR) is 73.7 cm³/mol. The first-order valence-corrected chi connectivity index (χ1v) is 7.25. The van der Waals surface area contributed by atoms with Gasteiger partial charge in [-0.25, -0.2) is 0 Å². The molecule has 0 radical (unpaired) electrons. The van der Waals surface area contributed by atoms with E-state index in [0.717, 1.165) is 32.4 Å². The van der Waals surface area contributed by atoms with Gasteiger partial charge in [-0.1, -0.05) is 6.42 Å². The number of hydrogen-bond acceptors (Lipinski definition) is 4. The second kappa shape index (κ2) is 5.41. The van der Waals surface area contributed by atoms with Crippen LogP contribution < -0.4 is 0 Å². The summed E-state index contributed by atoms with van der Waals surface area (Å²) in [7, 11) is 3.58. The fraction of sp³-hybridized carbons (Fsp3) is 0.643. The molecule has 4 heteroatoms. The highest BCUT2D eigenvalue weighted by molar-refractivity contribution is 7.10. The third kappa shape index (κ3) is 2.59. The largest absolute Gasteiger partial charge is 0.469 e. The number of rotatable bonds is 5. The normalized spacial score (nSPS) is 17.6. The summed E-state index contributed by atoms with van der Waals surface area (Å²) in [5, 5.41) is 2.12. The molecule has 18 heavy (non-hydrogen) atoms. The van der Waals surface area contributed by atoms with Gasteiger partial charge in [-0.15, -0.1) is 11.3 Å². The Morgan fingerprint density at radius 2 is 2.28 bits per heavy atom. The summed E-state index contributed by atoms with van der Waals surface area (Å²) in [5.41, 5.74) is 1.10. The van der Waals surface area contributed by atoms with E-state index >= 15 is 0 Å². The van der Waals surface area contributed by atoms with Crippen molar-refractivity contribution in [3.63, 3.8) is 0 Å². The maximum Gasteiger partial charge on any atom is 0.313 e. The van der Waals surface area contributed by atoms with Gasteiger partial charge in [-0.2, -0.15) is 0 Å². The molecule has 1 aromatic rings. The number of ether oxygens (including phenoxy) is 1. The van der Waals surface area contributed by atoms with Crippen LogP contribution in [0.25, 0.3) is 0 Å². The first-order chi connectivity index (χ1) is 8.57. The fourth-order valence-electron chi connectivity index (χ4n) is 2.63. The van der Waals surface area contributed by atoms with E-state index < -0.39 is 0 Å². The van der Waals surface area contributed by atoms with Crippen molar-refractivity contribution in [2.24, 2.45) is 5.41 Å². The summed E-state index contributed by atoms with van der Waals surface area (Å²) in [6.07, 6.45) is 3.07. The maximum atomic E-state index is 11.9. The Hall–Kier alpha value is -0.870. The summed E-state index contributed by atoms with van der Waals surface area (Å²) in [6.45, 7) is 3.86. The molecule has 1 saturated carbocycles. The molecule has 0 amide bonds. The van der Waals surface area contributed by atoms with E-state index in [-0.39, 0.29) is 11.4 Å². The lowest BCUT2D eigenvalue weighted by atomic mass is 9.68. The van der Waals surface area contributed by atoms with Gasteiger partial charge in [0.2, 0.25) is 0 Å². The van der Waals surface area contributed by atoms with Crippen molar-refractivity contribution < 1.29 is 9.53 Å². The Bertz CT molecular complexity index is 423. The van der Waals surface area contributed by atoms with Crippen molar-refractivity contribution in [3.05, 3.63) is 21.9 Å². The highest BCUT2D eigenvalue weighted by atomic mass is 32.1. The summed E-state index contributed by atoms with van der Waals surface area (Å²) in [4.78, 5) is 15.5. The Morgan fingerprint density at radius 1 is 1.56 bits per heavy atom. The zero-order valence-corrected chi connectivity index (χ0v) is 12.2. The predicted octanol–water partition coefficient (Wildman–Crippen LogP) is 2.83. The Labute approximate surface area is 113 Å². The van der Waals surface area contributed by atoms with Crippen LogP contribution in [0.1, 0.15) is 29.7 Å². The van der Waals surface area contributed by atoms with Crippen LogP contribution in [-0.2, 0) is 16.1 Å². The lowest BCUT2D eigenvalue weighted by Crippen LogP contribution is -2.47. The van der Waals surface area contributed by atoms with Gasteiger partial charge in [0.15, 0.2) is 0 Å². The van der Waals surface area contributed by atoms with Crippen molar-refractivity contribution in [1.29, 1.82) is 0 Å². The number of nitrogens with zero attached hydrogens (tertiary/aromatic N) is 1. The first-order valence-electron chi connectivity index (χ1n) is 6.37. The Balaban J connectivity index is 1.96. The van der Waals surface area contributed by atoms with E-state index in [9.17, 15) is 4.79 Å². The highest BCUT2D eigenvalue weighted by Crippen LogP contribution is 2.42. The molecule has 0 N–H and O–H groups in total. The summed E-state index contributed by atoms with van der Waals surface area (Å²) in [6, 6.07) is 2.15. The van der Waals surface area contributed by atoms with Crippen LogP contribution in [0.4, 0.5) is 0 Å². The van der Waals surface area contributed by atoms with Gasteiger partial charge < -0.3 is 9.64 Å². The second-order valence-electron chi connectivity index (χ2n) is 5.32. The molecule has 1 aliphatic carbocycles. The van der Waals surface area contributed by atoms with Crippen molar-refractivity contribution >= 4 is 17.3 Å². The van der Waals surface area contributed by atoms with Gasteiger partial charge >= 0.3 is 5.97 Å². The first kappa shape index (κ1) is 13.6. The van der Waals surface area contributed by atoms with Crippen LogP contribution in [0.15, 0.2) is 11.4 Å². The zero-order valence-electron chi connectivity index (χ0n) is 11.4. The lowest BCUT2D eigenvalue weighted by Gasteiger charge is -2.41. The molecular formula is C14H21NO2S. The Morgan fingerprint density at radius 3 is 2.72 bits per heavy atom. The van der Waals surface area contributed by atoms with Crippen molar-refractivity contribution in [2.75, 3.05) is 20.7 Å².